The molecule has 0 saturated heterocycles. The average molecular weight is 276 g/mol. The lowest BCUT2D eigenvalue weighted by atomic mass is 9.88. The van der Waals surface area contributed by atoms with Gasteiger partial charge in [-0.3, -0.25) is 0 Å². The minimum atomic E-state index is 0.974. The van der Waals surface area contributed by atoms with Gasteiger partial charge in [0.25, 0.3) is 0 Å². The zero-order chi connectivity index (χ0) is 14.7. The second-order valence-corrected chi connectivity index (χ2v) is 5.72. The fraction of sp³-hybridized carbons (Fsp3) is 0. The van der Waals surface area contributed by atoms with E-state index in [9.17, 15) is 0 Å². The van der Waals surface area contributed by atoms with Crippen LogP contribution in [0.3, 0.4) is 0 Å². The maximum Gasteiger partial charge on any atom is -0.00139 e. The third-order valence-electron chi connectivity index (χ3n) is 4.63. The van der Waals surface area contributed by atoms with Crippen molar-refractivity contribution in [3.63, 3.8) is 0 Å². The number of rotatable bonds is 1. The highest BCUT2D eigenvalue weighted by Crippen LogP contribution is 2.41. The maximum absolute atomic E-state index is 5.88. The van der Waals surface area contributed by atoms with E-state index in [1.165, 1.54) is 43.1 Å². The van der Waals surface area contributed by atoms with Gasteiger partial charge in [0, 0.05) is 0 Å². The van der Waals surface area contributed by atoms with E-state index in [4.69, 9.17) is 6.58 Å². The minimum absolute atomic E-state index is 0.974. The lowest BCUT2D eigenvalue weighted by Gasteiger charge is -2.15. The van der Waals surface area contributed by atoms with E-state index >= 15 is 0 Å². The Balaban J connectivity index is 2.31. The van der Waals surface area contributed by atoms with E-state index in [0.29, 0.717) is 0 Å². The van der Waals surface area contributed by atoms with Gasteiger partial charge in [-0.2, -0.15) is 0 Å². The second-order valence-electron chi connectivity index (χ2n) is 5.72. The van der Waals surface area contributed by atoms with Crippen molar-refractivity contribution in [2.24, 2.45) is 0 Å². The fourth-order valence-electron chi connectivity index (χ4n) is 3.74. The molecular formula is C22H12. The summed E-state index contributed by atoms with van der Waals surface area (Å²) < 4.78 is 0. The van der Waals surface area contributed by atoms with Gasteiger partial charge < -0.3 is 0 Å². The van der Waals surface area contributed by atoms with Crippen LogP contribution in [0.2, 0.25) is 0 Å². The van der Waals surface area contributed by atoms with Crippen LogP contribution in [0.5, 0.6) is 0 Å². The van der Waals surface area contributed by atoms with Gasteiger partial charge >= 0.3 is 0 Å². The van der Waals surface area contributed by atoms with Crippen molar-refractivity contribution >= 4 is 49.2 Å². The number of hydrogen-bond acceptors (Lipinski definition) is 0. The van der Waals surface area contributed by atoms with E-state index in [2.05, 4.69) is 60.7 Å². The van der Waals surface area contributed by atoms with Crippen LogP contribution < -0.4 is 0 Å². The molecule has 5 rings (SSSR count). The monoisotopic (exact) mass is 276 g/mol. The molecule has 0 atom stereocenters. The predicted octanol–water partition coefficient (Wildman–Crippen LogP) is 5.98. The summed E-state index contributed by atoms with van der Waals surface area (Å²) in [5.74, 6) is 0. The molecule has 0 aliphatic rings. The van der Waals surface area contributed by atoms with Crippen LogP contribution in [0.1, 0.15) is 5.56 Å². The summed E-state index contributed by atoms with van der Waals surface area (Å²) in [6.45, 7) is 5.88. The van der Waals surface area contributed by atoms with Gasteiger partial charge in [0.05, 0.1) is 0 Å². The molecule has 2 radical (unpaired) electrons. The average Bonchev–Trinajstić information content (AvgIpc) is 2.59. The Morgan fingerprint density at radius 2 is 1.32 bits per heavy atom. The minimum Gasteiger partial charge on any atom is -0.0616 e. The van der Waals surface area contributed by atoms with Crippen LogP contribution in [0, 0.1) is 12.6 Å². The highest BCUT2D eigenvalue weighted by molar-refractivity contribution is 6.33. The summed E-state index contributed by atoms with van der Waals surface area (Å²) in [6.07, 6.45) is 1.66. The summed E-state index contributed by atoms with van der Waals surface area (Å²) in [5, 5.41) is 10.1. The van der Waals surface area contributed by atoms with Crippen LogP contribution in [0.25, 0.3) is 49.2 Å². The van der Waals surface area contributed by atoms with Gasteiger partial charge in [-0.25, -0.2) is 0 Å². The fourth-order valence-corrected chi connectivity index (χ4v) is 3.74. The van der Waals surface area contributed by atoms with Crippen molar-refractivity contribution in [1.29, 1.82) is 0 Å². The van der Waals surface area contributed by atoms with Crippen LogP contribution in [0.4, 0.5) is 0 Å². The van der Waals surface area contributed by atoms with Gasteiger partial charge in [-0.15, -0.1) is 0 Å². The quantitative estimate of drug-likeness (QED) is 0.261. The Hall–Kier alpha value is -2.86. The predicted molar refractivity (Wildman–Crippen MR) is 95.3 cm³/mol. The largest absolute Gasteiger partial charge is 0.0616 e. The highest BCUT2D eigenvalue weighted by Gasteiger charge is 2.13. The van der Waals surface area contributed by atoms with E-state index < -0.39 is 0 Å². The van der Waals surface area contributed by atoms with E-state index in [1.54, 1.807) is 6.08 Å². The first-order valence-electron chi connectivity index (χ1n) is 7.43. The molecule has 0 heteroatoms. The van der Waals surface area contributed by atoms with Gasteiger partial charge in [-0.05, 0) is 60.8 Å². The molecule has 0 amide bonds. The van der Waals surface area contributed by atoms with Gasteiger partial charge in [0.15, 0.2) is 0 Å². The molecule has 0 heterocycles. The molecule has 5 aromatic carbocycles. The van der Waals surface area contributed by atoms with Crippen LogP contribution in [0.15, 0.2) is 60.7 Å². The molecular weight excluding hydrogens is 264 g/mol. The highest BCUT2D eigenvalue weighted by atomic mass is 14.2. The number of benzene rings is 5. The molecule has 0 aliphatic carbocycles. The third kappa shape index (κ3) is 1.32. The van der Waals surface area contributed by atoms with Crippen molar-refractivity contribution in [3.8, 4) is 0 Å². The molecule has 0 spiro atoms. The first-order valence-corrected chi connectivity index (χ1v) is 7.43. The lowest BCUT2D eigenvalue weighted by molar-refractivity contribution is 1.75. The SMILES string of the molecule is [CH]=Cc1[c]cc2cccc3c4cccc5cccc(c1c23)c54. The molecule has 0 N–H and O–H groups in total. The smallest absolute Gasteiger partial charge is 0.00139 e. The van der Waals surface area contributed by atoms with Crippen LogP contribution in [-0.2, 0) is 0 Å². The van der Waals surface area contributed by atoms with Crippen molar-refractivity contribution in [2.45, 2.75) is 0 Å². The molecule has 0 nitrogen and oxygen atoms in total. The Morgan fingerprint density at radius 1 is 0.682 bits per heavy atom. The lowest BCUT2D eigenvalue weighted by Crippen LogP contribution is -1.89. The normalized spacial score (nSPS) is 11.8. The summed E-state index contributed by atoms with van der Waals surface area (Å²) in [5.41, 5.74) is 0.974. The first-order chi connectivity index (χ1) is 10.9. The Morgan fingerprint density at radius 3 is 2.05 bits per heavy atom. The summed E-state index contributed by atoms with van der Waals surface area (Å²) in [6, 6.07) is 24.8. The van der Waals surface area contributed by atoms with Crippen molar-refractivity contribution in [2.75, 3.05) is 0 Å². The van der Waals surface area contributed by atoms with E-state index in [0.717, 1.165) is 5.56 Å². The molecule has 0 fully saturated rings. The van der Waals surface area contributed by atoms with E-state index in [-0.39, 0.29) is 0 Å². The summed E-state index contributed by atoms with van der Waals surface area (Å²) >= 11 is 0. The number of fused-ring (bicyclic) bond motifs is 2. The second kappa shape index (κ2) is 4.08. The van der Waals surface area contributed by atoms with E-state index in [1.807, 2.05) is 6.07 Å². The van der Waals surface area contributed by atoms with Crippen LogP contribution in [-0.4, -0.2) is 0 Å². The maximum atomic E-state index is 5.88. The molecule has 0 aromatic heterocycles. The Bertz CT molecular complexity index is 1170. The van der Waals surface area contributed by atoms with Crippen LogP contribution >= 0.6 is 0 Å². The zero-order valence-corrected chi connectivity index (χ0v) is 11.9. The zero-order valence-electron chi connectivity index (χ0n) is 11.9. The van der Waals surface area contributed by atoms with Gasteiger partial charge in [-0.1, -0.05) is 67.3 Å². The number of hydrogen-bond donors (Lipinski definition) is 0. The van der Waals surface area contributed by atoms with Crippen molar-refractivity contribution in [1.82, 2.24) is 0 Å². The molecule has 5 aromatic rings. The molecule has 0 bridgehead atoms. The third-order valence-corrected chi connectivity index (χ3v) is 4.63. The Kier molecular flexibility index (Phi) is 2.18. The van der Waals surface area contributed by atoms with Gasteiger partial charge in [0.1, 0.15) is 0 Å². The molecule has 0 aliphatic heterocycles. The van der Waals surface area contributed by atoms with Crippen molar-refractivity contribution < 1.29 is 0 Å². The molecule has 0 unspecified atom stereocenters. The Labute approximate surface area is 128 Å². The molecule has 22 heavy (non-hydrogen) atoms. The van der Waals surface area contributed by atoms with Gasteiger partial charge in [0.2, 0.25) is 0 Å². The first kappa shape index (κ1) is 11.8. The molecule has 0 saturated carbocycles. The molecule has 100 valence electrons. The summed E-state index contributed by atoms with van der Waals surface area (Å²) in [7, 11) is 0. The topological polar surface area (TPSA) is 0 Å². The standard InChI is InChI=1S/C22H12/c1-2-14-12-13-16-8-4-10-18-17-9-3-6-15-7-5-11-19(20(15)17)21(14)22(16)18/h1-11,13H. The van der Waals surface area contributed by atoms with Crippen molar-refractivity contribution in [3.05, 3.63) is 78.9 Å². The summed E-state index contributed by atoms with van der Waals surface area (Å²) in [4.78, 5) is 0.